The number of thiophene rings is 1. The smallest absolute Gasteiger partial charge is 0.105 e. The van der Waals surface area contributed by atoms with Crippen LogP contribution >= 0.6 is 11.3 Å². The van der Waals surface area contributed by atoms with Gasteiger partial charge >= 0.3 is 0 Å². The number of rotatable bonds is 7. The van der Waals surface area contributed by atoms with Crippen molar-refractivity contribution in [1.29, 1.82) is 0 Å². The van der Waals surface area contributed by atoms with Crippen LogP contribution in [0, 0.1) is 13.8 Å². The first-order valence-electron chi connectivity index (χ1n) is 21.9. The van der Waals surface area contributed by atoms with Crippen LogP contribution in [-0.2, 0) is 6.42 Å². The fourth-order valence-electron chi connectivity index (χ4n) is 10.2. The zero-order valence-electron chi connectivity index (χ0n) is 35.5. The molecule has 64 heavy (non-hydrogen) atoms. The van der Waals surface area contributed by atoms with Gasteiger partial charge in [0.15, 0.2) is 0 Å². The van der Waals surface area contributed by atoms with Crippen LogP contribution in [0.4, 0.5) is 0 Å². The summed E-state index contributed by atoms with van der Waals surface area (Å²) in [4.78, 5) is 0. The minimum Gasteiger partial charge on any atom is -0.135 e. The van der Waals surface area contributed by atoms with Gasteiger partial charge in [0.2, 0.25) is 0 Å². The van der Waals surface area contributed by atoms with Gasteiger partial charge in [-0.1, -0.05) is 188 Å². The van der Waals surface area contributed by atoms with E-state index in [2.05, 4.69) is 214 Å². The first kappa shape index (κ1) is 37.9. The van der Waals surface area contributed by atoms with Crippen LogP contribution in [0.25, 0.3) is 109 Å². The zero-order chi connectivity index (χ0) is 42.7. The Morgan fingerprint density at radius 3 is 1.75 bits per heavy atom. The normalized spacial score (nSPS) is 11.8. The summed E-state index contributed by atoms with van der Waals surface area (Å²) in [5, 5.41) is 17.4. The Labute approximate surface area is 377 Å². The van der Waals surface area contributed by atoms with E-state index in [1.54, 1.807) is 0 Å². The third-order valence-corrected chi connectivity index (χ3v) is 14.3. The van der Waals surface area contributed by atoms with Gasteiger partial charge in [-0.05, 0) is 110 Å². The average Bonchev–Trinajstić information content (AvgIpc) is 3.93. The van der Waals surface area contributed by atoms with Gasteiger partial charge in [-0.25, -0.2) is 0 Å². The summed E-state index contributed by atoms with van der Waals surface area (Å²) in [7, 11) is 0. The summed E-state index contributed by atoms with van der Waals surface area (Å²) < 4.78 is 2.49. The molecular weight excluding hydrogens is 795 g/mol. The van der Waals surface area contributed by atoms with E-state index in [0.29, 0.717) is 0 Å². The molecule has 0 saturated carbocycles. The molecule has 2 heterocycles. The van der Waals surface area contributed by atoms with Crippen LogP contribution in [0.3, 0.4) is 0 Å². The van der Waals surface area contributed by atoms with Crippen LogP contribution < -0.4 is 0 Å². The van der Waals surface area contributed by atoms with Crippen molar-refractivity contribution in [2.45, 2.75) is 20.3 Å². The van der Waals surface area contributed by atoms with E-state index >= 15 is 0 Å². The maximum Gasteiger partial charge on any atom is 0.105 e. The molecule has 4 heteroatoms. The maximum atomic E-state index is 5.16. The minimum atomic E-state index is 0.799. The lowest BCUT2D eigenvalue weighted by Crippen LogP contribution is -2.05. The molecule has 0 fully saturated rings. The van der Waals surface area contributed by atoms with Gasteiger partial charge in [0.25, 0.3) is 0 Å². The van der Waals surface area contributed by atoms with Crippen molar-refractivity contribution in [3.8, 4) is 89.3 Å². The highest BCUT2D eigenvalue weighted by atomic mass is 32.1. The molecule has 0 radical (unpaired) electrons. The maximum absolute atomic E-state index is 5.16. The van der Waals surface area contributed by atoms with Gasteiger partial charge in [-0.15, -0.1) is 21.5 Å². The summed E-state index contributed by atoms with van der Waals surface area (Å²) in [6.07, 6.45) is 0.835. The molecule has 1 aliphatic carbocycles. The van der Waals surface area contributed by atoms with Gasteiger partial charge in [-0.3, -0.25) is 0 Å². The van der Waals surface area contributed by atoms with Crippen LogP contribution in [-0.4, -0.2) is 15.4 Å². The van der Waals surface area contributed by atoms with Crippen molar-refractivity contribution in [3.05, 3.63) is 222 Å². The third-order valence-electron chi connectivity index (χ3n) is 13.2. The Bertz CT molecular complexity index is 3590. The monoisotopic (exact) mass is 835 g/mol. The summed E-state index contributed by atoms with van der Waals surface area (Å²) in [5.41, 5.74) is 22.7. The lowest BCUT2D eigenvalue weighted by Gasteiger charge is -2.23. The largest absolute Gasteiger partial charge is 0.135 e. The van der Waals surface area contributed by atoms with Crippen molar-refractivity contribution in [3.63, 3.8) is 0 Å². The lowest BCUT2D eigenvalue weighted by atomic mass is 9.80. The van der Waals surface area contributed by atoms with Crippen molar-refractivity contribution in [2.24, 2.45) is 0 Å². The molecule has 12 rings (SSSR count). The highest BCUT2D eigenvalue weighted by Crippen LogP contribution is 2.54. The Kier molecular flexibility index (Phi) is 9.20. The van der Waals surface area contributed by atoms with E-state index < -0.39 is 0 Å². The first-order chi connectivity index (χ1) is 31.6. The lowest BCUT2D eigenvalue weighted by molar-refractivity contribution is 0.877. The molecule has 0 bridgehead atoms. The molecule has 3 nitrogen and oxygen atoms in total. The van der Waals surface area contributed by atoms with Crippen molar-refractivity contribution < 1.29 is 0 Å². The number of hydrogen-bond donors (Lipinski definition) is 0. The number of fused-ring (bicyclic) bond motifs is 6. The molecule has 0 amide bonds. The number of hydrogen-bond acceptors (Lipinski definition) is 4. The van der Waals surface area contributed by atoms with E-state index in [1.165, 1.54) is 75.8 Å². The molecule has 0 aliphatic heterocycles. The van der Waals surface area contributed by atoms with Gasteiger partial charge in [0, 0.05) is 48.0 Å². The van der Waals surface area contributed by atoms with Crippen molar-refractivity contribution in [1.82, 2.24) is 15.4 Å². The molecule has 0 unspecified atom stereocenters. The van der Waals surface area contributed by atoms with Crippen LogP contribution in [0.5, 0.6) is 0 Å². The second-order valence-electron chi connectivity index (χ2n) is 16.7. The highest BCUT2D eigenvalue weighted by molar-refractivity contribution is 7.26. The Morgan fingerprint density at radius 2 is 0.984 bits per heavy atom. The fourth-order valence-corrected chi connectivity index (χ4v) is 11.3. The predicted molar refractivity (Wildman–Crippen MR) is 268 cm³/mol. The van der Waals surface area contributed by atoms with Crippen LogP contribution in [0.15, 0.2) is 200 Å². The molecule has 1 aliphatic rings. The quantitative estimate of drug-likeness (QED) is 0.161. The molecule has 0 atom stereocenters. The summed E-state index contributed by atoms with van der Waals surface area (Å²) in [5.74, 6) is 0. The van der Waals surface area contributed by atoms with Crippen molar-refractivity contribution in [2.75, 3.05) is 0 Å². The third kappa shape index (κ3) is 6.13. The fraction of sp³-hybridized carbons (Fsp3) is 0.0500. The summed E-state index contributed by atoms with van der Waals surface area (Å²) in [6, 6.07) is 72.6. The molecule has 11 aromatic rings. The number of aromatic nitrogens is 3. The Morgan fingerprint density at radius 1 is 0.391 bits per heavy atom. The molecule has 302 valence electrons. The van der Waals surface area contributed by atoms with E-state index in [1.807, 2.05) is 11.3 Å². The van der Waals surface area contributed by atoms with E-state index in [0.717, 1.165) is 62.3 Å². The molecule has 0 saturated heterocycles. The van der Waals surface area contributed by atoms with E-state index in [9.17, 15) is 0 Å². The zero-order valence-corrected chi connectivity index (χ0v) is 36.3. The number of benzene rings is 9. The van der Waals surface area contributed by atoms with Gasteiger partial charge in [0.1, 0.15) is 11.4 Å². The van der Waals surface area contributed by atoms with Crippen LogP contribution in [0.2, 0.25) is 0 Å². The Balaban J connectivity index is 1.24. The second kappa shape index (κ2) is 15.5. The Hall–Kier alpha value is -7.79. The molecule has 9 aromatic carbocycles. The number of aryl methyl sites for hydroxylation is 1. The summed E-state index contributed by atoms with van der Waals surface area (Å²) in [6.45, 7) is 4.46. The molecule has 0 N–H and O–H groups in total. The molecule has 2 aromatic heterocycles. The van der Waals surface area contributed by atoms with E-state index in [4.69, 9.17) is 15.4 Å². The van der Waals surface area contributed by atoms with Gasteiger partial charge < -0.3 is 0 Å². The van der Waals surface area contributed by atoms with Gasteiger partial charge in [-0.2, -0.15) is 0 Å². The summed E-state index contributed by atoms with van der Waals surface area (Å²) >= 11 is 1.85. The van der Waals surface area contributed by atoms with Crippen LogP contribution in [0.1, 0.15) is 22.3 Å². The SMILES string of the molecule is Cc1cc2c(c(-c3nnnc(-c4cccc(-c5ccccc5)c4-c4c(-c5ccccc5-c5ccccc5)ccc5sc6ccccc6c45)c3-c3ccccc3)c1C)Cc1ccccc1-2. The molecule has 0 spiro atoms. The standard InChI is InChI=1S/C60H41N3S/c1-37-35-50-44-27-13-12-25-42(44)36-51(50)54(38(37)2)60-55(41-23-10-5-11-24-41)59(61-63-62-60)49-31-18-30-45(40-21-8-4-9-22-40)56(49)58-47(33-34-53-57(58)48-29-16-17-32-52(48)64-53)46-28-15-14-26-43(46)39-19-6-3-7-20-39/h3-35H,36H2,1-2H3. The molecular formula is C60H41N3S. The van der Waals surface area contributed by atoms with E-state index in [-0.39, 0.29) is 0 Å². The average molecular weight is 836 g/mol. The topological polar surface area (TPSA) is 38.7 Å². The van der Waals surface area contributed by atoms with Crippen molar-refractivity contribution >= 4 is 31.5 Å². The second-order valence-corrected chi connectivity index (χ2v) is 17.8. The number of nitrogens with zero attached hydrogens (tertiary/aromatic N) is 3. The van der Waals surface area contributed by atoms with Gasteiger partial charge in [0.05, 0.1) is 0 Å². The first-order valence-corrected chi connectivity index (χ1v) is 22.7. The highest BCUT2D eigenvalue weighted by Gasteiger charge is 2.31. The predicted octanol–water partition coefficient (Wildman–Crippen LogP) is 16.1. The minimum absolute atomic E-state index is 0.799.